The Labute approximate surface area is 127 Å². The summed E-state index contributed by atoms with van der Waals surface area (Å²) in [5.41, 5.74) is 0.668. The van der Waals surface area contributed by atoms with Crippen LogP contribution in [0.1, 0.15) is 12.8 Å². The molecule has 104 valence electrons. The minimum atomic E-state index is 0.568. The molecule has 4 nitrogen and oxygen atoms in total. The van der Waals surface area contributed by atoms with Crippen LogP contribution in [0.5, 0.6) is 0 Å². The first-order valence-electron chi connectivity index (χ1n) is 6.52. The second-order valence-electron chi connectivity index (χ2n) is 4.68. The molecule has 2 aromatic rings. The van der Waals surface area contributed by atoms with E-state index in [4.69, 9.17) is 23.2 Å². The fourth-order valence-corrected chi connectivity index (χ4v) is 2.77. The molecular formula is C14H14Cl2N4. The third-order valence-corrected chi connectivity index (χ3v) is 3.93. The Morgan fingerprint density at radius 1 is 1.05 bits per heavy atom. The molecule has 1 aromatic heterocycles. The molecule has 0 bridgehead atoms. The van der Waals surface area contributed by atoms with Crippen molar-refractivity contribution in [3.8, 4) is 0 Å². The third kappa shape index (κ3) is 2.81. The van der Waals surface area contributed by atoms with Crippen molar-refractivity contribution in [1.29, 1.82) is 0 Å². The number of aromatic nitrogens is 2. The van der Waals surface area contributed by atoms with E-state index in [1.54, 1.807) is 18.5 Å². The SMILES string of the molecule is Clc1cccc(Cl)c1Nc1cc(N2CCCC2)ncn1. The second-order valence-corrected chi connectivity index (χ2v) is 5.49. The zero-order chi connectivity index (χ0) is 13.9. The van der Waals surface area contributed by atoms with E-state index in [0.717, 1.165) is 18.9 Å². The molecule has 1 aromatic carbocycles. The summed E-state index contributed by atoms with van der Waals surface area (Å²) in [7, 11) is 0. The van der Waals surface area contributed by atoms with E-state index in [9.17, 15) is 0 Å². The van der Waals surface area contributed by atoms with Crippen molar-refractivity contribution >= 4 is 40.5 Å². The van der Waals surface area contributed by atoms with Crippen LogP contribution in [0, 0.1) is 0 Å². The number of hydrogen-bond acceptors (Lipinski definition) is 4. The van der Waals surface area contributed by atoms with Crippen LogP contribution in [0.4, 0.5) is 17.3 Å². The molecule has 1 saturated heterocycles. The van der Waals surface area contributed by atoms with Crippen molar-refractivity contribution in [1.82, 2.24) is 9.97 Å². The summed E-state index contributed by atoms with van der Waals surface area (Å²) >= 11 is 12.3. The Balaban J connectivity index is 1.85. The fourth-order valence-electron chi connectivity index (χ4n) is 2.28. The van der Waals surface area contributed by atoms with E-state index in [2.05, 4.69) is 20.2 Å². The Bertz CT molecular complexity index is 592. The van der Waals surface area contributed by atoms with E-state index < -0.39 is 0 Å². The second kappa shape index (κ2) is 5.85. The molecule has 1 fully saturated rings. The van der Waals surface area contributed by atoms with Gasteiger partial charge in [0.1, 0.15) is 18.0 Å². The van der Waals surface area contributed by atoms with Crippen LogP contribution in [-0.2, 0) is 0 Å². The molecule has 0 saturated carbocycles. The number of anilines is 3. The van der Waals surface area contributed by atoms with Gasteiger partial charge >= 0.3 is 0 Å². The fraction of sp³-hybridized carbons (Fsp3) is 0.286. The lowest BCUT2D eigenvalue weighted by Gasteiger charge is -2.17. The van der Waals surface area contributed by atoms with Crippen molar-refractivity contribution < 1.29 is 0 Å². The summed E-state index contributed by atoms with van der Waals surface area (Å²) in [5.74, 6) is 1.63. The van der Waals surface area contributed by atoms with E-state index >= 15 is 0 Å². The lowest BCUT2D eigenvalue weighted by Crippen LogP contribution is -2.19. The number of nitrogens with zero attached hydrogens (tertiary/aromatic N) is 3. The maximum Gasteiger partial charge on any atom is 0.135 e. The van der Waals surface area contributed by atoms with Gasteiger partial charge in [0.05, 0.1) is 15.7 Å². The van der Waals surface area contributed by atoms with Crippen LogP contribution in [0.25, 0.3) is 0 Å². The minimum Gasteiger partial charge on any atom is -0.356 e. The van der Waals surface area contributed by atoms with E-state index in [1.807, 2.05) is 12.1 Å². The summed E-state index contributed by atoms with van der Waals surface area (Å²) in [5, 5.41) is 4.30. The quantitative estimate of drug-likeness (QED) is 0.925. The monoisotopic (exact) mass is 308 g/mol. The van der Waals surface area contributed by atoms with Gasteiger partial charge in [-0.15, -0.1) is 0 Å². The van der Waals surface area contributed by atoms with Crippen LogP contribution in [0.15, 0.2) is 30.6 Å². The number of nitrogens with one attached hydrogen (secondary N) is 1. The van der Waals surface area contributed by atoms with Crippen molar-refractivity contribution in [2.45, 2.75) is 12.8 Å². The molecule has 6 heteroatoms. The van der Waals surface area contributed by atoms with E-state index in [-0.39, 0.29) is 0 Å². The maximum absolute atomic E-state index is 6.15. The summed E-state index contributed by atoms with van der Waals surface area (Å²) in [6, 6.07) is 7.31. The van der Waals surface area contributed by atoms with Gasteiger partial charge in [0, 0.05) is 19.2 Å². The summed E-state index contributed by atoms with van der Waals surface area (Å²) < 4.78 is 0. The van der Waals surface area contributed by atoms with Gasteiger partial charge in [-0.25, -0.2) is 9.97 Å². The van der Waals surface area contributed by atoms with Crippen molar-refractivity contribution in [2.75, 3.05) is 23.3 Å². The molecule has 3 rings (SSSR count). The molecule has 0 unspecified atom stereocenters. The molecular weight excluding hydrogens is 295 g/mol. The maximum atomic E-state index is 6.15. The predicted octanol–water partition coefficient (Wildman–Crippen LogP) is 4.13. The molecule has 0 atom stereocenters. The van der Waals surface area contributed by atoms with Crippen molar-refractivity contribution in [2.24, 2.45) is 0 Å². The lowest BCUT2D eigenvalue weighted by molar-refractivity contribution is 0.928. The van der Waals surface area contributed by atoms with Crippen LogP contribution < -0.4 is 10.2 Å². The first kappa shape index (κ1) is 13.5. The predicted molar refractivity (Wildman–Crippen MR) is 83.2 cm³/mol. The number of para-hydroxylation sites is 1. The smallest absolute Gasteiger partial charge is 0.135 e. The third-order valence-electron chi connectivity index (χ3n) is 3.30. The largest absolute Gasteiger partial charge is 0.356 e. The molecule has 1 N–H and O–H groups in total. The van der Waals surface area contributed by atoms with Gasteiger partial charge in [-0.2, -0.15) is 0 Å². The van der Waals surface area contributed by atoms with Gasteiger partial charge in [-0.05, 0) is 25.0 Å². The zero-order valence-corrected chi connectivity index (χ0v) is 12.3. The minimum absolute atomic E-state index is 0.568. The Morgan fingerprint density at radius 3 is 2.45 bits per heavy atom. The highest BCUT2D eigenvalue weighted by Crippen LogP contribution is 2.32. The first-order valence-corrected chi connectivity index (χ1v) is 7.27. The normalized spacial score (nSPS) is 14.6. The summed E-state index contributed by atoms with van der Waals surface area (Å²) in [6.07, 6.45) is 3.98. The zero-order valence-electron chi connectivity index (χ0n) is 10.8. The van der Waals surface area contributed by atoms with Gasteiger partial charge in [0.15, 0.2) is 0 Å². The number of rotatable bonds is 3. The number of halogens is 2. The first-order chi connectivity index (χ1) is 9.74. The Hall–Kier alpha value is -1.52. The number of benzene rings is 1. The van der Waals surface area contributed by atoms with Gasteiger partial charge in [0.2, 0.25) is 0 Å². The van der Waals surface area contributed by atoms with Gasteiger partial charge in [-0.1, -0.05) is 29.3 Å². The van der Waals surface area contributed by atoms with Crippen LogP contribution in [0.3, 0.4) is 0 Å². The van der Waals surface area contributed by atoms with Gasteiger partial charge in [-0.3, -0.25) is 0 Å². The molecule has 20 heavy (non-hydrogen) atoms. The summed E-state index contributed by atoms with van der Waals surface area (Å²) in [4.78, 5) is 10.8. The molecule has 1 aliphatic rings. The average molecular weight is 309 g/mol. The molecule has 1 aliphatic heterocycles. The number of hydrogen-bond donors (Lipinski definition) is 1. The van der Waals surface area contributed by atoms with E-state index in [0.29, 0.717) is 21.6 Å². The highest BCUT2D eigenvalue weighted by atomic mass is 35.5. The topological polar surface area (TPSA) is 41.0 Å². The van der Waals surface area contributed by atoms with E-state index in [1.165, 1.54) is 12.8 Å². The van der Waals surface area contributed by atoms with Crippen LogP contribution in [0.2, 0.25) is 10.0 Å². The molecule has 0 radical (unpaired) electrons. The standard InChI is InChI=1S/C14H14Cl2N4/c15-10-4-3-5-11(16)14(10)19-12-8-13(18-9-17-12)20-6-1-2-7-20/h3-5,8-9H,1-2,6-7H2,(H,17,18,19). The molecule has 0 spiro atoms. The molecule has 0 aliphatic carbocycles. The van der Waals surface area contributed by atoms with Crippen molar-refractivity contribution in [3.63, 3.8) is 0 Å². The molecule has 0 amide bonds. The van der Waals surface area contributed by atoms with Crippen LogP contribution in [-0.4, -0.2) is 23.1 Å². The Kier molecular flexibility index (Phi) is 3.94. The Morgan fingerprint density at radius 2 is 1.75 bits per heavy atom. The van der Waals surface area contributed by atoms with Crippen molar-refractivity contribution in [3.05, 3.63) is 40.6 Å². The molecule has 2 heterocycles. The highest BCUT2D eigenvalue weighted by molar-refractivity contribution is 6.39. The van der Waals surface area contributed by atoms with Crippen LogP contribution >= 0.6 is 23.2 Å². The van der Waals surface area contributed by atoms with Gasteiger partial charge < -0.3 is 10.2 Å². The highest BCUT2D eigenvalue weighted by Gasteiger charge is 2.14. The lowest BCUT2D eigenvalue weighted by atomic mass is 10.3. The summed E-state index contributed by atoms with van der Waals surface area (Å²) in [6.45, 7) is 2.09. The van der Waals surface area contributed by atoms with Gasteiger partial charge in [0.25, 0.3) is 0 Å². The average Bonchev–Trinajstić information content (AvgIpc) is 2.98.